The van der Waals surface area contributed by atoms with Gasteiger partial charge in [0.15, 0.2) is 5.78 Å². The molecule has 0 aliphatic rings. The maximum atomic E-state index is 12.2. The highest BCUT2D eigenvalue weighted by atomic mass is 79.9. The topological polar surface area (TPSA) is 34.9 Å². The molecule has 3 nitrogen and oxygen atoms in total. The number of carbonyl (C=O) groups is 1. The highest BCUT2D eigenvalue weighted by molar-refractivity contribution is 9.10. The number of ketones is 1. The van der Waals surface area contributed by atoms with Crippen LogP contribution in [0, 0.1) is 20.8 Å². The van der Waals surface area contributed by atoms with E-state index in [1.54, 1.807) is 16.0 Å². The first-order chi connectivity index (χ1) is 8.40. The molecule has 0 spiro atoms. The molecule has 0 N–H and O–H groups in total. The van der Waals surface area contributed by atoms with E-state index in [4.69, 9.17) is 0 Å². The normalized spacial score (nSPS) is 10.9. The van der Waals surface area contributed by atoms with E-state index in [0.717, 1.165) is 20.7 Å². The summed E-state index contributed by atoms with van der Waals surface area (Å²) in [6, 6.07) is 1.97. The van der Waals surface area contributed by atoms with Crippen LogP contribution in [-0.4, -0.2) is 15.6 Å². The Balaban J connectivity index is 2.26. The Morgan fingerprint density at radius 1 is 1.44 bits per heavy atom. The Hall–Kier alpha value is -0.940. The third-order valence-electron chi connectivity index (χ3n) is 3.03. The van der Waals surface area contributed by atoms with Crippen molar-refractivity contribution in [2.75, 3.05) is 0 Å². The summed E-state index contributed by atoms with van der Waals surface area (Å²) in [6.45, 7) is 6.01. The Morgan fingerprint density at radius 3 is 2.56 bits per heavy atom. The number of halogens is 1. The first-order valence-electron chi connectivity index (χ1n) is 5.68. The molecule has 0 amide bonds. The second kappa shape index (κ2) is 4.97. The van der Waals surface area contributed by atoms with Gasteiger partial charge < -0.3 is 0 Å². The predicted octanol–water partition coefficient (Wildman–Crippen LogP) is 3.59. The fraction of sp³-hybridized carbons (Fsp3) is 0.385. The molecule has 0 saturated carbocycles. The molecule has 5 heteroatoms. The van der Waals surface area contributed by atoms with Crippen LogP contribution in [0.1, 0.15) is 31.5 Å². The van der Waals surface area contributed by atoms with Crippen LogP contribution in [-0.2, 0) is 13.5 Å². The number of carbonyl (C=O) groups excluding carboxylic acids is 1. The maximum Gasteiger partial charge on any atom is 0.178 e. The van der Waals surface area contributed by atoms with E-state index < -0.39 is 0 Å². The van der Waals surface area contributed by atoms with E-state index in [-0.39, 0.29) is 5.78 Å². The number of Topliss-reactive ketones (excluding diaryl/α,β-unsaturated/α-hetero) is 1. The van der Waals surface area contributed by atoms with Crippen LogP contribution in [0.4, 0.5) is 0 Å². The minimum absolute atomic E-state index is 0.153. The van der Waals surface area contributed by atoms with Gasteiger partial charge >= 0.3 is 0 Å². The minimum Gasteiger partial charge on any atom is -0.293 e. The SMILES string of the molecule is Cc1cc(C(=O)Cc2c(Br)c(C)nn2C)sc1C. The zero-order valence-corrected chi connectivity index (χ0v) is 13.3. The number of aryl methyl sites for hydroxylation is 4. The van der Waals surface area contributed by atoms with Crippen molar-refractivity contribution in [3.63, 3.8) is 0 Å². The van der Waals surface area contributed by atoms with Crippen molar-refractivity contribution in [3.05, 3.63) is 37.2 Å². The summed E-state index contributed by atoms with van der Waals surface area (Å²) in [5, 5.41) is 4.30. The van der Waals surface area contributed by atoms with Gasteiger partial charge in [-0.25, -0.2) is 0 Å². The summed E-state index contributed by atoms with van der Waals surface area (Å²) in [5.41, 5.74) is 3.03. The molecule has 0 saturated heterocycles. The van der Waals surface area contributed by atoms with E-state index in [1.807, 2.05) is 33.9 Å². The van der Waals surface area contributed by atoms with Crippen molar-refractivity contribution in [1.29, 1.82) is 0 Å². The summed E-state index contributed by atoms with van der Waals surface area (Å²) in [5.74, 6) is 0.153. The molecule has 0 radical (unpaired) electrons. The fourth-order valence-corrected chi connectivity index (χ4v) is 3.27. The Labute approximate surface area is 119 Å². The summed E-state index contributed by atoms with van der Waals surface area (Å²) >= 11 is 5.06. The van der Waals surface area contributed by atoms with Crippen LogP contribution in [0.3, 0.4) is 0 Å². The lowest BCUT2D eigenvalue weighted by molar-refractivity contribution is 0.0994. The molecule has 0 atom stereocenters. The predicted molar refractivity (Wildman–Crippen MR) is 77.5 cm³/mol. The highest BCUT2D eigenvalue weighted by Gasteiger charge is 2.17. The lowest BCUT2D eigenvalue weighted by Crippen LogP contribution is -2.07. The highest BCUT2D eigenvalue weighted by Crippen LogP contribution is 2.25. The first-order valence-corrected chi connectivity index (χ1v) is 7.29. The van der Waals surface area contributed by atoms with E-state index in [1.165, 1.54) is 10.4 Å². The summed E-state index contributed by atoms with van der Waals surface area (Å²) < 4.78 is 2.70. The van der Waals surface area contributed by atoms with Gasteiger partial charge in [0, 0.05) is 11.9 Å². The molecular formula is C13H15BrN2OS. The second-order valence-electron chi connectivity index (χ2n) is 4.42. The largest absolute Gasteiger partial charge is 0.293 e. The molecule has 2 aromatic rings. The third kappa shape index (κ3) is 2.42. The van der Waals surface area contributed by atoms with Gasteiger partial charge in [0.05, 0.1) is 27.2 Å². The Morgan fingerprint density at radius 2 is 2.11 bits per heavy atom. The summed E-state index contributed by atoms with van der Waals surface area (Å²) in [4.78, 5) is 14.3. The molecule has 2 aromatic heterocycles. The molecule has 0 aliphatic heterocycles. The Kier molecular flexibility index (Phi) is 3.73. The van der Waals surface area contributed by atoms with Crippen LogP contribution in [0.2, 0.25) is 0 Å². The number of thiophene rings is 1. The zero-order valence-electron chi connectivity index (χ0n) is 10.9. The van der Waals surface area contributed by atoms with Crippen molar-refractivity contribution < 1.29 is 4.79 Å². The lowest BCUT2D eigenvalue weighted by Gasteiger charge is -2.01. The summed E-state index contributed by atoms with van der Waals surface area (Å²) in [6.07, 6.45) is 0.386. The van der Waals surface area contributed by atoms with Gasteiger partial charge in [-0.05, 0) is 48.3 Å². The van der Waals surface area contributed by atoms with Crippen molar-refractivity contribution in [2.45, 2.75) is 27.2 Å². The van der Waals surface area contributed by atoms with Crippen molar-refractivity contribution in [1.82, 2.24) is 9.78 Å². The van der Waals surface area contributed by atoms with E-state index >= 15 is 0 Å². The standard InChI is InChI=1S/C13H15BrN2OS/c1-7-5-12(18-9(7)3)11(17)6-10-13(14)8(2)15-16(10)4/h5H,6H2,1-4H3. The number of aromatic nitrogens is 2. The van der Waals surface area contributed by atoms with Gasteiger partial charge in [-0.2, -0.15) is 5.10 Å². The van der Waals surface area contributed by atoms with Crippen LogP contribution in [0.25, 0.3) is 0 Å². The van der Waals surface area contributed by atoms with Crippen molar-refractivity contribution in [3.8, 4) is 0 Å². The van der Waals surface area contributed by atoms with Crippen LogP contribution >= 0.6 is 27.3 Å². The van der Waals surface area contributed by atoms with Crippen LogP contribution in [0.5, 0.6) is 0 Å². The number of nitrogens with zero attached hydrogens (tertiary/aromatic N) is 2. The number of hydrogen-bond donors (Lipinski definition) is 0. The monoisotopic (exact) mass is 326 g/mol. The average Bonchev–Trinajstić information content (AvgIpc) is 2.75. The van der Waals surface area contributed by atoms with Crippen LogP contribution in [0.15, 0.2) is 10.5 Å². The van der Waals surface area contributed by atoms with Gasteiger partial charge in [0.2, 0.25) is 0 Å². The summed E-state index contributed by atoms with van der Waals surface area (Å²) in [7, 11) is 1.87. The molecule has 0 unspecified atom stereocenters. The van der Waals surface area contributed by atoms with Gasteiger partial charge in [-0.1, -0.05) is 0 Å². The lowest BCUT2D eigenvalue weighted by atomic mass is 10.1. The van der Waals surface area contributed by atoms with E-state index in [9.17, 15) is 4.79 Å². The molecule has 0 bridgehead atoms. The first kappa shape index (κ1) is 13.5. The molecule has 18 heavy (non-hydrogen) atoms. The molecule has 2 rings (SSSR count). The Bertz CT molecular complexity index is 593. The van der Waals surface area contributed by atoms with Gasteiger partial charge in [-0.15, -0.1) is 11.3 Å². The smallest absolute Gasteiger partial charge is 0.178 e. The van der Waals surface area contributed by atoms with Gasteiger partial charge in [0.1, 0.15) is 0 Å². The molecule has 0 aliphatic carbocycles. The molecule has 96 valence electrons. The second-order valence-corrected chi connectivity index (χ2v) is 6.47. The number of hydrogen-bond acceptors (Lipinski definition) is 3. The van der Waals surface area contributed by atoms with Gasteiger partial charge in [-0.3, -0.25) is 9.48 Å². The molecule has 0 aromatic carbocycles. The van der Waals surface area contributed by atoms with Crippen molar-refractivity contribution in [2.24, 2.45) is 7.05 Å². The van der Waals surface area contributed by atoms with Crippen LogP contribution < -0.4 is 0 Å². The fourth-order valence-electron chi connectivity index (χ4n) is 1.82. The van der Waals surface area contributed by atoms with Gasteiger partial charge in [0.25, 0.3) is 0 Å². The zero-order chi connectivity index (χ0) is 13.4. The quantitative estimate of drug-likeness (QED) is 0.808. The maximum absolute atomic E-state index is 12.2. The number of rotatable bonds is 3. The van der Waals surface area contributed by atoms with Crippen molar-refractivity contribution >= 4 is 33.0 Å². The van der Waals surface area contributed by atoms with E-state index in [2.05, 4.69) is 21.0 Å². The third-order valence-corrected chi connectivity index (χ3v) is 5.26. The average molecular weight is 327 g/mol. The molecule has 2 heterocycles. The molecular weight excluding hydrogens is 312 g/mol. The minimum atomic E-state index is 0.153. The molecule has 0 fully saturated rings. The van der Waals surface area contributed by atoms with E-state index in [0.29, 0.717) is 6.42 Å².